The van der Waals surface area contributed by atoms with Crippen molar-refractivity contribution in [1.82, 2.24) is 25.0 Å². The van der Waals surface area contributed by atoms with Crippen molar-refractivity contribution in [3.05, 3.63) is 41.2 Å². The summed E-state index contributed by atoms with van der Waals surface area (Å²) in [7, 11) is 6.96. The van der Waals surface area contributed by atoms with Gasteiger partial charge in [-0.05, 0) is 24.6 Å². The Morgan fingerprint density at radius 1 is 1.42 bits per heavy atom. The molecule has 130 valence electrons. The Hall–Kier alpha value is -2.64. The number of aromatic nitrogens is 3. The minimum atomic E-state index is -0.374. The van der Waals surface area contributed by atoms with E-state index in [1.54, 1.807) is 13.1 Å². The zero-order chi connectivity index (χ0) is 17.7. The maximum atomic E-state index is 13.8. The molecule has 0 amide bonds. The summed E-state index contributed by atoms with van der Waals surface area (Å²) in [5.74, 6) is 2.22. The lowest BCUT2D eigenvalue weighted by Gasteiger charge is -2.22. The molecular formula is C16H23FN6O. The number of benzene rings is 1. The first-order valence-corrected chi connectivity index (χ1v) is 7.55. The van der Waals surface area contributed by atoms with Crippen LogP contribution in [0.25, 0.3) is 0 Å². The van der Waals surface area contributed by atoms with Crippen LogP contribution in [0.15, 0.2) is 23.2 Å². The fraction of sp³-hybridized carbons (Fsp3) is 0.438. The summed E-state index contributed by atoms with van der Waals surface area (Å²) in [5.41, 5.74) is 0.827. The second-order valence-electron chi connectivity index (χ2n) is 5.45. The van der Waals surface area contributed by atoms with E-state index in [1.807, 2.05) is 36.6 Å². The van der Waals surface area contributed by atoms with Gasteiger partial charge in [-0.3, -0.25) is 4.99 Å². The molecule has 0 aliphatic carbocycles. The van der Waals surface area contributed by atoms with Crippen LogP contribution >= 0.6 is 0 Å². The number of ether oxygens (including phenoxy) is 1. The Kier molecular flexibility index (Phi) is 5.73. The molecule has 1 heterocycles. The number of nitrogens with zero attached hydrogens (tertiary/aromatic N) is 5. The molecule has 1 N–H and O–H groups in total. The number of hydrogen-bond acceptors (Lipinski definition) is 4. The van der Waals surface area contributed by atoms with Crippen LogP contribution in [0.5, 0.6) is 5.75 Å². The van der Waals surface area contributed by atoms with Gasteiger partial charge in [0.25, 0.3) is 0 Å². The third-order valence-corrected chi connectivity index (χ3v) is 3.80. The lowest BCUT2D eigenvalue weighted by atomic mass is 10.2. The van der Waals surface area contributed by atoms with Gasteiger partial charge in [0.1, 0.15) is 5.82 Å². The van der Waals surface area contributed by atoms with Gasteiger partial charge in [0, 0.05) is 27.7 Å². The van der Waals surface area contributed by atoms with Crippen molar-refractivity contribution in [3.8, 4) is 5.75 Å². The number of nitrogens with one attached hydrogen (secondary N) is 1. The van der Waals surface area contributed by atoms with Gasteiger partial charge in [-0.15, -0.1) is 10.2 Å². The normalized spacial score (nSPS) is 11.5. The van der Waals surface area contributed by atoms with Crippen molar-refractivity contribution in [2.24, 2.45) is 12.0 Å². The zero-order valence-electron chi connectivity index (χ0n) is 14.7. The maximum absolute atomic E-state index is 13.8. The highest BCUT2D eigenvalue weighted by molar-refractivity contribution is 5.79. The average Bonchev–Trinajstić information content (AvgIpc) is 2.87. The molecule has 0 saturated heterocycles. The number of halogens is 1. The van der Waals surface area contributed by atoms with E-state index in [0.29, 0.717) is 19.0 Å². The molecule has 2 rings (SSSR count). The second-order valence-corrected chi connectivity index (χ2v) is 5.45. The number of rotatable bonds is 5. The van der Waals surface area contributed by atoms with Gasteiger partial charge in [0.05, 0.1) is 13.7 Å². The smallest absolute Gasteiger partial charge is 0.194 e. The molecule has 0 atom stereocenters. The van der Waals surface area contributed by atoms with Gasteiger partial charge < -0.3 is 19.5 Å². The summed E-state index contributed by atoms with van der Waals surface area (Å²) in [6.45, 7) is 2.92. The minimum absolute atomic E-state index is 0.238. The molecule has 0 radical (unpaired) electrons. The lowest BCUT2D eigenvalue weighted by Crippen LogP contribution is -2.38. The van der Waals surface area contributed by atoms with E-state index < -0.39 is 0 Å². The van der Waals surface area contributed by atoms with Crippen molar-refractivity contribution < 1.29 is 9.13 Å². The molecule has 0 fully saturated rings. The van der Waals surface area contributed by atoms with E-state index in [0.717, 1.165) is 17.2 Å². The molecule has 0 bridgehead atoms. The van der Waals surface area contributed by atoms with Crippen molar-refractivity contribution in [1.29, 1.82) is 0 Å². The fourth-order valence-corrected chi connectivity index (χ4v) is 2.30. The average molecular weight is 334 g/mol. The molecule has 0 saturated carbocycles. The summed E-state index contributed by atoms with van der Waals surface area (Å²) in [6.07, 6.45) is 0. The monoisotopic (exact) mass is 334 g/mol. The third kappa shape index (κ3) is 4.01. The number of aryl methyl sites for hydroxylation is 1. The molecule has 0 aliphatic heterocycles. The summed E-state index contributed by atoms with van der Waals surface area (Å²) >= 11 is 0. The minimum Gasteiger partial charge on any atom is -0.494 e. The van der Waals surface area contributed by atoms with Crippen molar-refractivity contribution in [2.75, 3.05) is 21.2 Å². The van der Waals surface area contributed by atoms with Crippen molar-refractivity contribution >= 4 is 5.96 Å². The number of methoxy groups -OCH3 is 1. The van der Waals surface area contributed by atoms with E-state index in [1.165, 1.54) is 13.2 Å². The Labute approximate surface area is 141 Å². The lowest BCUT2D eigenvalue weighted by molar-refractivity contribution is 0.385. The fourth-order valence-electron chi connectivity index (χ4n) is 2.30. The standard InChI is InChI=1S/C16H23FN6O/c1-11-20-21-15(23(11)4)9-19-16(18-2)22(3)10-12-6-7-14(24-5)13(17)8-12/h6-8H,9-10H2,1-5H3,(H,18,19). The van der Waals surface area contributed by atoms with Gasteiger partial charge in [0.2, 0.25) is 0 Å². The molecule has 0 spiro atoms. The van der Waals surface area contributed by atoms with Crippen LogP contribution in [0.4, 0.5) is 4.39 Å². The Morgan fingerprint density at radius 3 is 2.71 bits per heavy atom. The van der Waals surface area contributed by atoms with Crippen LogP contribution in [-0.2, 0) is 20.1 Å². The van der Waals surface area contributed by atoms with Gasteiger partial charge in [-0.25, -0.2) is 4.39 Å². The summed E-state index contributed by atoms with van der Waals surface area (Å²) in [6, 6.07) is 4.92. The third-order valence-electron chi connectivity index (χ3n) is 3.80. The first-order valence-electron chi connectivity index (χ1n) is 7.55. The number of guanidine groups is 1. The summed E-state index contributed by atoms with van der Waals surface area (Å²) < 4.78 is 20.6. The predicted octanol–water partition coefficient (Wildman–Crippen LogP) is 1.48. The van der Waals surface area contributed by atoms with Gasteiger partial charge >= 0.3 is 0 Å². The summed E-state index contributed by atoms with van der Waals surface area (Å²) in [5, 5.41) is 11.4. The second kappa shape index (κ2) is 7.76. The molecule has 24 heavy (non-hydrogen) atoms. The van der Waals surface area contributed by atoms with Crippen LogP contribution < -0.4 is 10.1 Å². The van der Waals surface area contributed by atoms with E-state index >= 15 is 0 Å². The van der Waals surface area contributed by atoms with E-state index in [4.69, 9.17) is 4.74 Å². The molecule has 8 heteroatoms. The van der Waals surface area contributed by atoms with E-state index in [-0.39, 0.29) is 11.6 Å². The van der Waals surface area contributed by atoms with E-state index in [9.17, 15) is 4.39 Å². The Morgan fingerprint density at radius 2 is 2.17 bits per heavy atom. The quantitative estimate of drug-likeness (QED) is 0.663. The summed E-state index contributed by atoms with van der Waals surface area (Å²) in [4.78, 5) is 6.15. The molecule has 0 unspecified atom stereocenters. The molecule has 0 aliphatic rings. The first-order chi connectivity index (χ1) is 11.5. The van der Waals surface area contributed by atoms with Crippen LogP contribution in [0.1, 0.15) is 17.2 Å². The molecule has 2 aromatic rings. The van der Waals surface area contributed by atoms with Crippen LogP contribution in [-0.4, -0.2) is 46.8 Å². The van der Waals surface area contributed by atoms with Crippen LogP contribution in [0.2, 0.25) is 0 Å². The van der Waals surface area contributed by atoms with Crippen molar-refractivity contribution in [3.63, 3.8) is 0 Å². The number of aliphatic imine (C=N–C) groups is 1. The number of hydrogen-bond donors (Lipinski definition) is 1. The first kappa shape index (κ1) is 17.7. The topological polar surface area (TPSA) is 67.6 Å². The molecular weight excluding hydrogens is 311 g/mol. The SMILES string of the molecule is CN=C(NCc1nnc(C)n1C)N(C)Cc1ccc(OC)c(F)c1. The highest BCUT2D eigenvalue weighted by Gasteiger charge is 2.11. The highest BCUT2D eigenvalue weighted by Crippen LogP contribution is 2.18. The van der Waals surface area contributed by atoms with E-state index in [2.05, 4.69) is 20.5 Å². The van der Waals surface area contributed by atoms with Crippen LogP contribution in [0.3, 0.4) is 0 Å². The van der Waals surface area contributed by atoms with Crippen molar-refractivity contribution in [2.45, 2.75) is 20.0 Å². The largest absolute Gasteiger partial charge is 0.494 e. The Bertz CT molecular complexity index is 727. The van der Waals surface area contributed by atoms with Gasteiger partial charge in [-0.1, -0.05) is 6.07 Å². The molecule has 1 aromatic heterocycles. The molecule has 7 nitrogen and oxygen atoms in total. The zero-order valence-corrected chi connectivity index (χ0v) is 14.7. The maximum Gasteiger partial charge on any atom is 0.194 e. The van der Waals surface area contributed by atoms with Gasteiger partial charge in [-0.2, -0.15) is 0 Å². The predicted molar refractivity (Wildman–Crippen MR) is 90.4 cm³/mol. The molecule has 1 aromatic carbocycles. The van der Waals surface area contributed by atoms with Gasteiger partial charge in [0.15, 0.2) is 23.4 Å². The Balaban J connectivity index is 2.00. The van der Waals surface area contributed by atoms with Crippen LogP contribution in [0, 0.1) is 12.7 Å². The highest BCUT2D eigenvalue weighted by atomic mass is 19.1.